The van der Waals surface area contributed by atoms with Crippen LogP contribution in [0.1, 0.15) is 15.7 Å². The largest absolute Gasteiger partial charge is 4.00 e. The molecule has 0 unspecified atom stereocenters. The minimum absolute atomic E-state index is 0. The number of allylic oxidation sites excluding steroid dienone is 8. The number of hydrogen-bond donors (Lipinski definition) is 0. The number of hydrogen-bond acceptors (Lipinski definition) is 0. The van der Waals surface area contributed by atoms with E-state index in [-0.39, 0.29) is 24.6 Å². The first-order valence-corrected chi connectivity index (χ1v) is 6.90. The molecule has 0 bridgehead atoms. The molecule has 1 radical (unpaired) electrons. The molecule has 0 aromatic rings. The van der Waals surface area contributed by atoms with E-state index in [0.29, 0.717) is 0 Å². The molecule has 0 aliphatic heterocycles. The van der Waals surface area contributed by atoms with E-state index in [1.807, 2.05) is 24.3 Å². The predicted molar refractivity (Wildman–Crippen MR) is 64.2 cm³/mol. The molecule has 0 N–H and O–H groups in total. The third-order valence-electron chi connectivity index (χ3n) is 1.17. The average Bonchev–Trinajstić information content (AvgIpc) is 2.85. The van der Waals surface area contributed by atoms with Gasteiger partial charge in [-0.3, -0.25) is 12.2 Å². The van der Waals surface area contributed by atoms with Crippen molar-refractivity contribution >= 4 is 9.52 Å². The van der Waals surface area contributed by atoms with Crippen LogP contribution in [0.4, 0.5) is 0 Å². The molecule has 0 spiro atoms. The van der Waals surface area contributed by atoms with Gasteiger partial charge in [-0.25, -0.2) is 24.3 Å². The van der Waals surface area contributed by atoms with E-state index >= 15 is 0 Å². The Morgan fingerprint density at radius 2 is 1.36 bits per heavy atom. The quantitative estimate of drug-likeness (QED) is 0.449. The van der Waals surface area contributed by atoms with E-state index in [1.54, 1.807) is 0 Å². The second kappa shape index (κ2) is 15.4. The molecule has 75 valence electrons. The van der Waals surface area contributed by atoms with Gasteiger partial charge in [0.1, 0.15) is 0 Å². The van der Waals surface area contributed by atoms with Crippen LogP contribution in [0.5, 0.6) is 0 Å². The van der Waals surface area contributed by atoms with Gasteiger partial charge in [0.15, 0.2) is 0 Å². The van der Waals surface area contributed by atoms with Gasteiger partial charge < -0.3 is 2.85 Å². The van der Waals surface area contributed by atoms with Gasteiger partial charge in [-0.2, -0.15) is 12.2 Å². The molecule has 2 heteroatoms. The monoisotopic (exact) mass is 239 g/mol. The summed E-state index contributed by atoms with van der Waals surface area (Å²) in [4.78, 5) is 0. The first-order valence-electron chi connectivity index (χ1n) is 4.59. The standard InChI is InChI=1S/2C5H5.C2H7Si.Ti.2H/c2*1-2-4-5-3-1;1-3-2;;;/h2*1-3H,4H2;3H,1-2H3;;;/q2*-1;;+4;2*-1. The summed E-state index contributed by atoms with van der Waals surface area (Å²) in [7, 11) is 0.750. The summed E-state index contributed by atoms with van der Waals surface area (Å²) in [6, 6.07) is 0. The van der Waals surface area contributed by atoms with Crippen LogP contribution in [-0.4, -0.2) is 9.52 Å². The van der Waals surface area contributed by atoms with Gasteiger partial charge in [0.05, 0.1) is 0 Å². The summed E-state index contributed by atoms with van der Waals surface area (Å²) in [5, 5.41) is 0. The first kappa shape index (κ1) is 16.3. The van der Waals surface area contributed by atoms with E-state index in [4.69, 9.17) is 0 Å². The summed E-state index contributed by atoms with van der Waals surface area (Å²) in [5.41, 5.74) is 0. The second-order valence-electron chi connectivity index (χ2n) is 2.58. The molecule has 0 nitrogen and oxygen atoms in total. The van der Waals surface area contributed by atoms with Crippen LogP contribution in [0.15, 0.2) is 36.5 Å². The minimum atomic E-state index is 0. The summed E-state index contributed by atoms with van der Waals surface area (Å²) in [5.74, 6) is 0. The summed E-state index contributed by atoms with van der Waals surface area (Å²) in [6.07, 6.45) is 20.0. The Labute approximate surface area is 109 Å². The Morgan fingerprint density at radius 1 is 1.00 bits per heavy atom. The molecule has 0 amide bonds. The Morgan fingerprint density at radius 3 is 1.43 bits per heavy atom. The molecular formula is C12H19SiTi. The Balaban J connectivity index is -0.0000000638. The Hall–Kier alpha value is -0.109. The fourth-order valence-electron chi connectivity index (χ4n) is 0.680. The van der Waals surface area contributed by atoms with Crippen molar-refractivity contribution in [3.05, 3.63) is 48.6 Å². The fraction of sp³-hybridized carbons (Fsp3) is 0.333. The molecule has 0 aromatic carbocycles. The van der Waals surface area contributed by atoms with E-state index in [9.17, 15) is 0 Å². The average molecular weight is 239 g/mol. The van der Waals surface area contributed by atoms with Gasteiger partial charge in [-0.1, -0.05) is 13.1 Å². The molecule has 2 rings (SSSR count). The predicted octanol–water partition coefficient (Wildman–Crippen LogP) is 3.35. The summed E-state index contributed by atoms with van der Waals surface area (Å²) in [6.45, 7) is 4.42. The van der Waals surface area contributed by atoms with Crippen LogP contribution in [-0.2, 0) is 21.7 Å². The molecule has 2 aliphatic carbocycles. The van der Waals surface area contributed by atoms with Crippen molar-refractivity contribution in [3.8, 4) is 0 Å². The van der Waals surface area contributed by atoms with Gasteiger partial charge >= 0.3 is 21.7 Å². The van der Waals surface area contributed by atoms with Crippen molar-refractivity contribution in [2.75, 3.05) is 0 Å². The SMILES string of the molecule is C[SiH]C.[C-]1=CC=CC1.[C-]1=CC=CC1.[H-].[H-].[Ti+4]. The molecule has 14 heavy (non-hydrogen) atoms. The van der Waals surface area contributed by atoms with E-state index in [2.05, 4.69) is 37.4 Å². The normalized spacial score (nSPS) is 13.9. The molecule has 0 saturated carbocycles. The fourth-order valence-corrected chi connectivity index (χ4v) is 0.680. The third kappa shape index (κ3) is 14.4. The van der Waals surface area contributed by atoms with Crippen molar-refractivity contribution in [1.82, 2.24) is 0 Å². The Bertz CT molecular complexity index is 169. The summed E-state index contributed by atoms with van der Waals surface area (Å²) >= 11 is 0. The minimum Gasteiger partial charge on any atom is -1.00 e. The third-order valence-corrected chi connectivity index (χ3v) is 1.17. The maximum Gasteiger partial charge on any atom is 4.00 e. The molecule has 2 aliphatic rings. The zero-order valence-corrected chi connectivity index (χ0v) is 11.7. The van der Waals surface area contributed by atoms with Crippen LogP contribution in [0.25, 0.3) is 0 Å². The molecule has 0 atom stereocenters. The van der Waals surface area contributed by atoms with Crippen molar-refractivity contribution in [2.24, 2.45) is 0 Å². The molecular weight excluding hydrogens is 220 g/mol. The zero-order chi connectivity index (χ0) is 9.78. The molecule has 0 aromatic heterocycles. The molecule has 0 fully saturated rings. The molecule has 0 saturated heterocycles. The van der Waals surface area contributed by atoms with Crippen molar-refractivity contribution in [3.63, 3.8) is 0 Å². The molecule has 0 heterocycles. The van der Waals surface area contributed by atoms with Crippen LogP contribution < -0.4 is 0 Å². The van der Waals surface area contributed by atoms with Crippen LogP contribution in [0.3, 0.4) is 0 Å². The van der Waals surface area contributed by atoms with Crippen LogP contribution in [0, 0.1) is 12.2 Å². The first-order chi connectivity index (χ1) is 6.41. The maximum absolute atomic E-state index is 2.99. The van der Waals surface area contributed by atoms with E-state index < -0.39 is 0 Å². The van der Waals surface area contributed by atoms with Gasteiger partial charge in [-0.05, 0) is 0 Å². The maximum atomic E-state index is 2.99. The second-order valence-corrected chi connectivity index (χ2v) is 3.74. The topological polar surface area (TPSA) is 0 Å². The van der Waals surface area contributed by atoms with Crippen molar-refractivity contribution in [2.45, 2.75) is 25.9 Å². The van der Waals surface area contributed by atoms with Crippen LogP contribution >= 0.6 is 0 Å². The van der Waals surface area contributed by atoms with Crippen molar-refractivity contribution < 1.29 is 24.6 Å². The van der Waals surface area contributed by atoms with Crippen molar-refractivity contribution in [1.29, 1.82) is 0 Å². The van der Waals surface area contributed by atoms with Gasteiger partial charge in [0, 0.05) is 9.52 Å². The van der Waals surface area contributed by atoms with Gasteiger partial charge in [-0.15, -0.1) is 12.8 Å². The number of rotatable bonds is 0. The van der Waals surface area contributed by atoms with Crippen LogP contribution in [0.2, 0.25) is 13.1 Å². The van der Waals surface area contributed by atoms with E-state index in [1.165, 1.54) is 0 Å². The van der Waals surface area contributed by atoms with E-state index in [0.717, 1.165) is 22.4 Å². The summed E-state index contributed by atoms with van der Waals surface area (Å²) < 4.78 is 0. The van der Waals surface area contributed by atoms with Gasteiger partial charge in [0.2, 0.25) is 0 Å². The Kier molecular flexibility index (Phi) is 17.9. The zero-order valence-electron chi connectivity index (χ0n) is 11.0. The van der Waals surface area contributed by atoms with Gasteiger partial charge in [0.25, 0.3) is 0 Å². The smallest absolute Gasteiger partial charge is 1.00 e.